The lowest BCUT2D eigenvalue weighted by atomic mass is 10.1. The fourth-order valence-corrected chi connectivity index (χ4v) is 3.62. The normalized spacial score (nSPS) is 17.2. The van der Waals surface area contributed by atoms with Gasteiger partial charge in [-0.1, -0.05) is 30.3 Å². The standard InChI is InChI=1S/C22H29N3O/c1-3-25(4-2)21-12-10-20(11-13-21)23-22(26)19-14-15-24(17-19)16-18-8-6-5-7-9-18/h5-13,19H,3-4,14-17H2,1-2H3,(H,23,26). The van der Waals surface area contributed by atoms with Gasteiger partial charge in [-0.3, -0.25) is 9.69 Å². The zero-order chi connectivity index (χ0) is 18.4. The van der Waals surface area contributed by atoms with E-state index in [1.807, 2.05) is 18.2 Å². The number of hydrogen-bond donors (Lipinski definition) is 1. The molecule has 1 amide bonds. The third kappa shape index (κ3) is 4.64. The van der Waals surface area contributed by atoms with Crippen molar-refractivity contribution in [1.29, 1.82) is 0 Å². The van der Waals surface area contributed by atoms with E-state index in [-0.39, 0.29) is 11.8 Å². The second kappa shape index (κ2) is 8.86. The lowest BCUT2D eigenvalue weighted by Crippen LogP contribution is -2.27. The zero-order valence-electron chi connectivity index (χ0n) is 15.8. The van der Waals surface area contributed by atoms with Crippen molar-refractivity contribution in [1.82, 2.24) is 4.90 Å². The topological polar surface area (TPSA) is 35.6 Å². The van der Waals surface area contributed by atoms with E-state index in [4.69, 9.17) is 0 Å². The number of carbonyl (C=O) groups excluding carboxylic acids is 1. The Bertz CT molecular complexity index is 695. The summed E-state index contributed by atoms with van der Waals surface area (Å²) in [6.45, 7) is 9.01. The van der Waals surface area contributed by atoms with Gasteiger partial charge in [-0.2, -0.15) is 0 Å². The number of rotatable bonds is 7. The lowest BCUT2D eigenvalue weighted by Gasteiger charge is -2.21. The average Bonchev–Trinajstić information content (AvgIpc) is 3.13. The van der Waals surface area contributed by atoms with Crippen LogP contribution in [0.1, 0.15) is 25.8 Å². The Morgan fingerprint density at radius 3 is 2.42 bits per heavy atom. The van der Waals surface area contributed by atoms with E-state index in [9.17, 15) is 4.79 Å². The molecular weight excluding hydrogens is 322 g/mol. The summed E-state index contributed by atoms with van der Waals surface area (Å²) in [7, 11) is 0. The summed E-state index contributed by atoms with van der Waals surface area (Å²) in [4.78, 5) is 17.3. The van der Waals surface area contributed by atoms with Gasteiger partial charge in [0.15, 0.2) is 0 Å². The van der Waals surface area contributed by atoms with Gasteiger partial charge in [0.2, 0.25) is 5.91 Å². The molecule has 4 heteroatoms. The maximum atomic E-state index is 12.6. The smallest absolute Gasteiger partial charge is 0.228 e. The summed E-state index contributed by atoms with van der Waals surface area (Å²) in [6.07, 6.45) is 0.927. The van der Waals surface area contributed by atoms with E-state index < -0.39 is 0 Å². The van der Waals surface area contributed by atoms with E-state index in [0.717, 1.165) is 44.8 Å². The van der Waals surface area contributed by atoms with Crippen LogP contribution in [0.25, 0.3) is 0 Å². The molecule has 1 N–H and O–H groups in total. The predicted octanol–water partition coefficient (Wildman–Crippen LogP) is 3.99. The van der Waals surface area contributed by atoms with Gasteiger partial charge in [-0.15, -0.1) is 0 Å². The molecule has 1 unspecified atom stereocenters. The van der Waals surface area contributed by atoms with E-state index in [1.54, 1.807) is 0 Å². The molecule has 1 heterocycles. The Hall–Kier alpha value is -2.33. The molecule has 2 aromatic rings. The summed E-state index contributed by atoms with van der Waals surface area (Å²) in [5.74, 6) is 0.206. The third-order valence-electron chi connectivity index (χ3n) is 5.16. The number of benzene rings is 2. The van der Waals surface area contributed by atoms with Gasteiger partial charge in [0.05, 0.1) is 5.92 Å². The fourth-order valence-electron chi connectivity index (χ4n) is 3.62. The number of nitrogens with one attached hydrogen (secondary N) is 1. The van der Waals surface area contributed by atoms with Crippen molar-refractivity contribution < 1.29 is 4.79 Å². The number of hydrogen-bond acceptors (Lipinski definition) is 3. The van der Waals surface area contributed by atoms with E-state index in [2.05, 4.69) is 65.4 Å². The molecule has 2 aromatic carbocycles. The molecular formula is C22H29N3O. The number of carbonyl (C=O) groups is 1. The largest absolute Gasteiger partial charge is 0.372 e. The van der Waals surface area contributed by atoms with Crippen molar-refractivity contribution in [3.05, 3.63) is 60.2 Å². The minimum Gasteiger partial charge on any atom is -0.372 e. The molecule has 1 fully saturated rings. The van der Waals surface area contributed by atoms with Gasteiger partial charge in [0.25, 0.3) is 0 Å². The molecule has 1 saturated heterocycles. The molecule has 0 radical (unpaired) electrons. The average molecular weight is 351 g/mol. The van der Waals surface area contributed by atoms with Crippen molar-refractivity contribution in [3.63, 3.8) is 0 Å². The first-order chi connectivity index (χ1) is 12.7. The summed E-state index contributed by atoms with van der Waals surface area (Å²) in [5.41, 5.74) is 3.39. The summed E-state index contributed by atoms with van der Waals surface area (Å²) < 4.78 is 0. The molecule has 1 aliphatic heterocycles. The van der Waals surface area contributed by atoms with Gasteiger partial charge in [0.1, 0.15) is 0 Å². The van der Waals surface area contributed by atoms with Crippen LogP contribution in [0, 0.1) is 5.92 Å². The molecule has 26 heavy (non-hydrogen) atoms. The highest BCUT2D eigenvalue weighted by atomic mass is 16.1. The van der Waals surface area contributed by atoms with Crippen LogP contribution < -0.4 is 10.2 Å². The van der Waals surface area contributed by atoms with Crippen LogP contribution >= 0.6 is 0 Å². The summed E-state index contributed by atoms with van der Waals surface area (Å²) in [6, 6.07) is 18.6. The third-order valence-corrected chi connectivity index (χ3v) is 5.16. The summed E-state index contributed by atoms with van der Waals surface area (Å²) in [5, 5.41) is 3.09. The molecule has 1 aliphatic rings. The van der Waals surface area contributed by atoms with E-state index in [1.165, 1.54) is 11.3 Å². The monoisotopic (exact) mass is 351 g/mol. The van der Waals surface area contributed by atoms with Crippen LogP contribution in [0.2, 0.25) is 0 Å². The first-order valence-corrected chi connectivity index (χ1v) is 9.61. The van der Waals surface area contributed by atoms with Crippen molar-refractivity contribution in [3.8, 4) is 0 Å². The molecule has 0 saturated carbocycles. The van der Waals surface area contributed by atoms with Gasteiger partial charge >= 0.3 is 0 Å². The van der Waals surface area contributed by atoms with E-state index in [0.29, 0.717) is 0 Å². The molecule has 0 aliphatic carbocycles. The Kier molecular flexibility index (Phi) is 6.29. The minimum absolute atomic E-state index is 0.0705. The van der Waals surface area contributed by atoms with Crippen LogP contribution in [0.5, 0.6) is 0 Å². The Labute approximate surface area is 156 Å². The van der Waals surface area contributed by atoms with Crippen molar-refractivity contribution in [2.45, 2.75) is 26.8 Å². The Balaban J connectivity index is 1.52. The highest BCUT2D eigenvalue weighted by Crippen LogP contribution is 2.22. The quantitative estimate of drug-likeness (QED) is 0.819. The van der Waals surface area contributed by atoms with Crippen molar-refractivity contribution in [2.75, 3.05) is 36.4 Å². The lowest BCUT2D eigenvalue weighted by molar-refractivity contribution is -0.119. The van der Waals surface area contributed by atoms with Gasteiger partial charge < -0.3 is 10.2 Å². The van der Waals surface area contributed by atoms with Crippen LogP contribution in [0.4, 0.5) is 11.4 Å². The second-order valence-electron chi connectivity index (χ2n) is 6.91. The van der Waals surface area contributed by atoms with Crippen LogP contribution in [-0.4, -0.2) is 37.0 Å². The zero-order valence-corrected chi connectivity index (χ0v) is 15.8. The first-order valence-electron chi connectivity index (χ1n) is 9.61. The van der Waals surface area contributed by atoms with E-state index >= 15 is 0 Å². The number of amides is 1. The maximum absolute atomic E-state index is 12.6. The number of likely N-dealkylation sites (tertiary alicyclic amines) is 1. The number of nitrogens with zero attached hydrogens (tertiary/aromatic N) is 2. The van der Waals surface area contributed by atoms with Gasteiger partial charge in [0, 0.05) is 37.6 Å². The molecule has 3 rings (SSSR count). The Morgan fingerprint density at radius 2 is 1.77 bits per heavy atom. The first kappa shape index (κ1) is 18.5. The summed E-state index contributed by atoms with van der Waals surface area (Å²) >= 11 is 0. The van der Waals surface area contributed by atoms with Gasteiger partial charge in [-0.05, 0) is 56.6 Å². The Morgan fingerprint density at radius 1 is 1.08 bits per heavy atom. The highest BCUT2D eigenvalue weighted by Gasteiger charge is 2.28. The minimum atomic E-state index is 0.0705. The molecule has 1 atom stereocenters. The second-order valence-corrected chi connectivity index (χ2v) is 6.91. The number of anilines is 2. The maximum Gasteiger partial charge on any atom is 0.228 e. The molecule has 138 valence electrons. The van der Waals surface area contributed by atoms with Crippen LogP contribution in [0.3, 0.4) is 0 Å². The van der Waals surface area contributed by atoms with Crippen LogP contribution in [0.15, 0.2) is 54.6 Å². The SMILES string of the molecule is CCN(CC)c1ccc(NC(=O)C2CCN(Cc3ccccc3)C2)cc1. The van der Waals surface area contributed by atoms with Gasteiger partial charge in [-0.25, -0.2) is 0 Å². The predicted molar refractivity (Wildman–Crippen MR) is 108 cm³/mol. The van der Waals surface area contributed by atoms with Crippen molar-refractivity contribution in [2.24, 2.45) is 5.92 Å². The molecule has 0 spiro atoms. The molecule has 0 aromatic heterocycles. The van der Waals surface area contributed by atoms with Crippen molar-refractivity contribution >= 4 is 17.3 Å². The molecule has 4 nitrogen and oxygen atoms in total. The van der Waals surface area contributed by atoms with Crippen LogP contribution in [-0.2, 0) is 11.3 Å². The molecule has 0 bridgehead atoms. The fraction of sp³-hybridized carbons (Fsp3) is 0.409. The highest BCUT2D eigenvalue weighted by molar-refractivity contribution is 5.93.